The lowest BCUT2D eigenvalue weighted by atomic mass is 10.1. The van der Waals surface area contributed by atoms with Crippen LogP contribution in [0.15, 0.2) is 48.5 Å². The first-order valence-electron chi connectivity index (χ1n) is 8.01. The van der Waals surface area contributed by atoms with Gasteiger partial charge in [0, 0.05) is 0 Å². The molecule has 0 aliphatic rings. The molecule has 0 aliphatic heterocycles. The van der Waals surface area contributed by atoms with Crippen molar-refractivity contribution in [3.8, 4) is 0 Å². The zero-order valence-electron chi connectivity index (χ0n) is 14.2. The highest BCUT2D eigenvalue weighted by Crippen LogP contribution is 2.10. The molecule has 4 nitrogen and oxygen atoms in total. The Labute approximate surface area is 142 Å². The second-order valence-corrected chi connectivity index (χ2v) is 5.77. The van der Waals surface area contributed by atoms with Crippen LogP contribution in [0.1, 0.15) is 45.2 Å². The van der Waals surface area contributed by atoms with Crippen LogP contribution < -0.4 is 0 Å². The summed E-state index contributed by atoms with van der Waals surface area (Å²) in [6.45, 7) is 5.83. The molecule has 0 bridgehead atoms. The molecule has 1 atom stereocenters. The number of aryl methyl sites for hydroxylation is 2. The maximum Gasteiger partial charge on any atom is 0.338 e. The van der Waals surface area contributed by atoms with Crippen molar-refractivity contribution in [2.75, 3.05) is 6.61 Å². The van der Waals surface area contributed by atoms with Crippen LogP contribution in [-0.2, 0) is 9.47 Å². The van der Waals surface area contributed by atoms with Crippen molar-refractivity contribution in [1.82, 2.24) is 0 Å². The Hall–Kier alpha value is -2.62. The predicted molar refractivity (Wildman–Crippen MR) is 92.1 cm³/mol. The molecule has 2 aromatic carbocycles. The van der Waals surface area contributed by atoms with E-state index in [0.717, 1.165) is 11.1 Å². The van der Waals surface area contributed by atoms with Crippen LogP contribution in [0.3, 0.4) is 0 Å². The average molecular weight is 326 g/mol. The Morgan fingerprint density at radius 1 is 0.833 bits per heavy atom. The highest BCUT2D eigenvalue weighted by Gasteiger charge is 2.17. The molecule has 0 amide bonds. The van der Waals surface area contributed by atoms with Gasteiger partial charge in [-0.1, -0.05) is 42.3 Å². The number of ether oxygens (including phenoxy) is 2. The van der Waals surface area contributed by atoms with Crippen LogP contribution in [-0.4, -0.2) is 24.6 Å². The van der Waals surface area contributed by atoms with E-state index in [2.05, 4.69) is 0 Å². The molecule has 0 saturated heterocycles. The summed E-state index contributed by atoms with van der Waals surface area (Å²) in [6, 6.07) is 14.3. The summed E-state index contributed by atoms with van der Waals surface area (Å²) < 4.78 is 10.7. The molecule has 0 aliphatic carbocycles. The number of benzene rings is 2. The maximum absolute atomic E-state index is 12.1. The Morgan fingerprint density at radius 3 is 1.75 bits per heavy atom. The highest BCUT2D eigenvalue weighted by molar-refractivity contribution is 5.90. The van der Waals surface area contributed by atoms with Crippen molar-refractivity contribution >= 4 is 11.9 Å². The third kappa shape index (κ3) is 4.95. The Kier molecular flexibility index (Phi) is 6.13. The standard InChI is InChI=1S/C20H22O4/c1-4-18(24-20(22)17-11-7-15(3)8-12-17)13-23-19(21)16-9-5-14(2)6-10-16/h5-12,18H,4,13H2,1-3H3. The second-order valence-electron chi connectivity index (χ2n) is 5.77. The molecule has 0 aromatic heterocycles. The number of hydrogen-bond donors (Lipinski definition) is 0. The van der Waals surface area contributed by atoms with Crippen molar-refractivity contribution in [3.63, 3.8) is 0 Å². The van der Waals surface area contributed by atoms with E-state index < -0.39 is 18.0 Å². The molecule has 0 saturated carbocycles. The monoisotopic (exact) mass is 326 g/mol. The molecule has 1 unspecified atom stereocenters. The molecule has 4 heteroatoms. The number of esters is 2. The van der Waals surface area contributed by atoms with Crippen LogP contribution in [0.5, 0.6) is 0 Å². The zero-order chi connectivity index (χ0) is 17.5. The van der Waals surface area contributed by atoms with Crippen molar-refractivity contribution in [2.24, 2.45) is 0 Å². The molecule has 0 heterocycles. The van der Waals surface area contributed by atoms with Crippen molar-refractivity contribution in [3.05, 3.63) is 70.8 Å². The van der Waals surface area contributed by atoms with E-state index >= 15 is 0 Å². The summed E-state index contributed by atoms with van der Waals surface area (Å²) >= 11 is 0. The summed E-state index contributed by atoms with van der Waals surface area (Å²) in [7, 11) is 0. The van der Waals surface area contributed by atoms with E-state index in [0.29, 0.717) is 17.5 Å². The van der Waals surface area contributed by atoms with Gasteiger partial charge >= 0.3 is 11.9 Å². The van der Waals surface area contributed by atoms with Gasteiger partial charge < -0.3 is 9.47 Å². The number of hydrogen-bond acceptors (Lipinski definition) is 4. The summed E-state index contributed by atoms with van der Waals surface area (Å²) in [5.74, 6) is -0.826. The molecule has 2 rings (SSSR count). The highest BCUT2D eigenvalue weighted by atomic mass is 16.6. The summed E-state index contributed by atoms with van der Waals surface area (Å²) in [5, 5.41) is 0. The fraction of sp³-hybridized carbons (Fsp3) is 0.300. The molecular weight excluding hydrogens is 304 g/mol. The summed E-state index contributed by atoms with van der Waals surface area (Å²) in [5.41, 5.74) is 3.12. The van der Waals surface area contributed by atoms with Crippen molar-refractivity contribution in [1.29, 1.82) is 0 Å². The number of rotatable bonds is 6. The predicted octanol–water partition coefficient (Wildman–Crippen LogP) is 4.10. The maximum atomic E-state index is 12.1. The van der Waals surface area contributed by atoms with Gasteiger partial charge in [0.2, 0.25) is 0 Å². The van der Waals surface area contributed by atoms with E-state index in [1.807, 2.05) is 45.0 Å². The summed E-state index contributed by atoms with van der Waals surface area (Å²) in [6.07, 6.45) is 0.104. The minimum absolute atomic E-state index is 0.0425. The molecule has 0 spiro atoms. The first-order chi connectivity index (χ1) is 11.5. The van der Waals surface area contributed by atoms with E-state index in [-0.39, 0.29) is 6.61 Å². The van der Waals surface area contributed by atoms with Gasteiger partial charge in [0.05, 0.1) is 11.1 Å². The fourth-order valence-corrected chi connectivity index (χ4v) is 2.09. The van der Waals surface area contributed by atoms with Crippen LogP contribution in [0, 0.1) is 13.8 Å². The SMILES string of the molecule is CCC(COC(=O)c1ccc(C)cc1)OC(=O)c1ccc(C)cc1. The van der Waals surface area contributed by atoms with E-state index in [1.165, 1.54) is 0 Å². The van der Waals surface area contributed by atoms with Crippen molar-refractivity contribution < 1.29 is 19.1 Å². The Balaban J connectivity index is 1.89. The molecule has 0 radical (unpaired) electrons. The van der Waals surface area contributed by atoms with Crippen LogP contribution in [0.4, 0.5) is 0 Å². The fourth-order valence-electron chi connectivity index (χ4n) is 2.09. The second kappa shape index (κ2) is 8.29. The molecule has 24 heavy (non-hydrogen) atoms. The van der Waals surface area contributed by atoms with Crippen LogP contribution in [0.2, 0.25) is 0 Å². The number of carbonyl (C=O) groups excluding carboxylic acids is 2. The van der Waals surface area contributed by atoms with Gasteiger partial charge in [0.1, 0.15) is 12.7 Å². The van der Waals surface area contributed by atoms with Gasteiger partial charge in [0.25, 0.3) is 0 Å². The molecule has 0 fully saturated rings. The molecule has 126 valence electrons. The normalized spacial score (nSPS) is 11.6. The zero-order valence-corrected chi connectivity index (χ0v) is 14.2. The molecular formula is C20H22O4. The van der Waals surface area contributed by atoms with E-state index in [9.17, 15) is 9.59 Å². The topological polar surface area (TPSA) is 52.6 Å². The Morgan fingerprint density at radius 2 is 1.29 bits per heavy atom. The minimum Gasteiger partial charge on any atom is -0.458 e. The van der Waals surface area contributed by atoms with Gasteiger partial charge in [-0.15, -0.1) is 0 Å². The average Bonchev–Trinajstić information content (AvgIpc) is 2.59. The lowest BCUT2D eigenvalue weighted by Crippen LogP contribution is -2.24. The quantitative estimate of drug-likeness (QED) is 0.750. The van der Waals surface area contributed by atoms with Crippen molar-refractivity contribution in [2.45, 2.75) is 33.3 Å². The first kappa shape index (κ1) is 17.7. The van der Waals surface area contributed by atoms with Gasteiger partial charge in [-0.3, -0.25) is 0 Å². The smallest absolute Gasteiger partial charge is 0.338 e. The lowest BCUT2D eigenvalue weighted by molar-refractivity contribution is -0.00145. The lowest BCUT2D eigenvalue weighted by Gasteiger charge is -2.16. The number of carbonyl (C=O) groups is 2. The van der Waals surface area contributed by atoms with Crippen LogP contribution >= 0.6 is 0 Å². The Bertz CT molecular complexity index is 687. The summed E-state index contributed by atoms with van der Waals surface area (Å²) in [4.78, 5) is 24.1. The minimum atomic E-state index is -0.465. The third-order valence-electron chi connectivity index (χ3n) is 3.70. The van der Waals surface area contributed by atoms with E-state index in [1.54, 1.807) is 24.3 Å². The van der Waals surface area contributed by atoms with Gasteiger partial charge in [-0.25, -0.2) is 9.59 Å². The molecule has 2 aromatic rings. The van der Waals surface area contributed by atoms with Gasteiger partial charge in [-0.2, -0.15) is 0 Å². The first-order valence-corrected chi connectivity index (χ1v) is 8.01. The largest absolute Gasteiger partial charge is 0.458 e. The van der Waals surface area contributed by atoms with Gasteiger partial charge in [0.15, 0.2) is 0 Å². The molecule has 0 N–H and O–H groups in total. The third-order valence-corrected chi connectivity index (χ3v) is 3.70. The van der Waals surface area contributed by atoms with Gasteiger partial charge in [-0.05, 0) is 44.5 Å². The van der Waals surface area contributed by atoms with Crippen LogP contribution in [0.25, 0.3) is 0 Å². The van der Waals surface area contributed by atoms with E-state index in [4.69, 9.17) is 9.47 Å².